The number of hydrogen-bond acceptors (Lipinski definition) is 5. The van der Waals surface area contributed by atoms with Crippen LogP contribution in [-0.4, -0.2) is 30.5 Å². The van der Waals surface area contributed by atoms with Crippen LogP contribution in [0, 0.1) is 11.3 Å². The maximum absolute atomic E-state index is 13.3. The summed E-state index contributed by atoms with van der Waals surface area (Å²) >= 11 is 1.69. The average molecular weight is 449 g/mol. The van der Waals surface area contributed by atoms with Crippen molar-refractivity contribution in [2.45, 2.75) is 33.6 Å². The van der Waals surface area contributed by atoms with Crippen LogP contribution in [0.5, 0.6) is 0 Å². The number of allylic oxidation sites excluding steroid dienone is 1. The number of aromatic nitrogens is 1. The fourth-order valence-corrected chi connectivity index (χ4v) is 4.87. The van der Waals surface area contributed by atoms with Gasteiger partial charge >= 0.3 is 5.97 Å². The Balaban J connectivity index is 1.92. The SMILES string of the molecule is CNC(=O)COC(=O)c1c2c(nc3ccccc13)/C(=C\c1cccs1)CC(C(C)(C)C)C2. The maximum Gasteiger partial charge on any atom is 0.339 e. The van der Waals surface area contributed by atoms with E-state index < -0.39 is 5.97 Å². The van der Waals surface area contributed by atoms with E-state index in [4.69, 9.17) is 9.72 Å². The minimum atomic E-state index is -0.478. The number of fused-ring (bicyclic) bond motifs is 2. The standard InChI is InChI=1S/C26H28N2O3S/c1-26(2,3)17-12-16(13-18-8-7-11-32-18)24-20(14-17)23(25(30)31-15-22(29)27-4)19-9-5-6-10-21(19)28-24/h5-11,13,17H,12,14-15H2,1-4H3,(H,27,29)/b16-13-. The van der Waals surface area contributed by atoms with Crippen LogP contribution in [0.4, 0.5) is 0 Å². The van der Waals surface area contributed by atoms with Gasteiger partial charge in [0.15, 0.2) is 6.61 Å². The summed E-state index contributed by atoms with van der Waals surface area (Å²) in [5, 5.41) is 5.32. The molecule has 1 aliphatic rings. The topological polar surface area (TPSA) is 68.3 Å². The fraction of sp³-hybridized carbons (Fsp3) is 0.346. The van der Waals surface area contributed by atoms with E-state index >= 15 is 0 Å². The summed E-state index contributed by atoms with van der Waals surface area (Å²) in [6.45, 7) is 6.41. The zero-order valence-electron chi connectivity index (χ0n) is 18.9. The summed E-state index contributed by atoms with van der Waals surface area (Å²) < 4.78 is 5.42. The van der Waals surface area contributed by atoms with E-state index in [1.54, 1.807) is 11.3 Å². The van der Waals surface area contributed by atoms with E-state index in [-0.39, 0.29) is 17.9 Å². The van der Waals surface area contributed by atoms with E-state index in [1.165, 1.54) is 11.9 Å². The number of esters is 1. The molecule has 2 aromatic heterocycles. The van der Waals surface area contributed by atoms with Gasteiger partial charge in [0.1, 0.15) is 0 Å². The Morgan fingerprint density at radius 3 is 2.66 bits per heavy atom. The maximum atomic E-state index is 13.3. The van der Waals surface area contributed by atoms with Gasteiger partial charge in [0, 0.05) is 17.3 Å². The molecule has 166 valence electrons. The highest BCUT2D eigenvalue weighted by Crippen LogP contribution is 2.45. The zero-order chi connectivity index (χ0) is 22.9. The van der Waals surface area contributed by atoms with Crippen LogP contribution in [0.2, 0.25) is 0 Å². The number of ether oxygens (including phenoxy) is 1. The lowest BCUT2D eigenvalue weighted by molar-refractivity contribution is -0.123. The van der Waals surface area contributed by atoms with Crippen molar-refractivity contribution in [1.82, 2.24) is 10.3 Å². The number of carbonyl (C=O) groups excluding carboxylic acids is 2. The summed E-state index contributed by atoms with van der Waals surface area (Å²) in [5.74, 6) is -0.473. The lowest BCUT2D eigenvalue weighted by Gasteiger charge is -2.36. The molecule has 0 bridgehead atoms. The Morgan fingerprint density at radius 1 is 1.19 bits per heavy atom. The Bertz CT molecular complexity index is 1190. The van der Waals surface area contributed by atoms with Crippen LogP contribution >= 0.6 is 11.3 Å². The molecule has 2 heterocycles. The molecule has 0 aliphatic heterocycles. The van der Waals surface area contributed by atoms with Gasteiger partial charge in [0.05, 0.1) is 16.8 Å². The van der Waals surface area contributed by atoms with Crippen molar-refractivity contribution in [3.05, 3.63) is 63.5 Å². The van der Waals surface area contributed by atoms with Crippen LogP contribution in [0.25, 0.3) is 22.6 Å². The quantitative estimate of drug-likeness (QED) is 0.547. The van der Waals surface area contributed by atoms with Crippen molar-refractivity contribution >= 4 is 45.8 Å². The van der Waals surface area contributed by atoms with Gasteiger partial charge in [-0.2, -0.15) is 0 Å². The second-order valence-electron chi connectivity index (χ2n) is 9.24. The molecule has 1 aromatic carbocycles. The van der Waals surface area contributed by atoms with Crippen LogP contribution < -0.4 is 5.32 Å². The first-order valence-electron chi connectivity index (χ1n) is 10.8. The number of hydrogen-bond donors (Lipinski definition) is 1. The third-order valence-corrected chi connectivity index (χ3v) is 6.94. The lowest BCUT2D eigenvalue weighted by atomic mass is 9.69. The van der Waals surface area contributed by atoms with Crippen molar-refractivity contribution < 1.29 is 14.3 Å². The normalized spacial score (nSPS) is 17.2. The largest absolute Gasteiger partial charge is 0.452 e. The number of pyridine rings is 1. The zero-order valence-corrected chi connectivity index (χ0v) is 19.7. The molecule has 0 saturated carbocycles. The van der Waals surface area contributed by atoms with Gasteiger partial charge in [-0.3, -0.25) is 4.79 Å². The number of likely N-dealkylation sites (N-methyl/N-ethyl adjacent to an activating group) is 1. The van der Waals surface area contributed by atoms with E-state index in [0.717, 1.165) is 40.6 Å². The Labute approximate surface area is 192 Å². The second kappa shape index (κ2) is 8.87. The third kappa shape index (κ3) is 4.46. The average Bonchev–Trinajstić information content (AvgIpc) is 3.28. The highest BCUT2D eigenvalue weighted by Gasteiger charge is 2.35. The van der Waals surface area contributed by atoms with Crippen molar-refractivity contribution in [2.24, 2.45) is 11.3 Å². The Hall–Kier alpha value is -2.99. The molecule has 0 fully saturated rings. The van der Waals surface area contributed by atoms with Crippen molar-refractivity contribution in [3.63, 3.8) is 0 Å². The number of para-hydroxylation sites is 1. The van der Waals surface area contributed by atoms with E-state index in [2.05, 4.69) is 43.6 Å². The Morgan fingerprint density at radius 2 is 1.97 bits per heavy atom. The van der Waals surface area contributed by atoms with E-state index in [9.17, 15) is 9.59 Å². The Kier molecular flexibility index (Phi) is 6.15. The van der Waals surface area contributed by atoms with Gasteiger partial charge < -0.3 is 10.1 Å². The predicted octanol–water partition coefficient (Wildman–Crippen LogP) is 5.35. The molecule has 32 heavy (non-hydrogen) atoms. The number of thiophene rings is 1. The number of amides is 1. The molecular formula is C26H28N2O3S. The summed E-state index contributed by atoms with van der Waals surface area (Å²) in [7, 11) is 1.52. The molecule has 4 rings (SSSR count). The molecular weight excluding hydrogens is 420 g/mol. The number of carbonyl (C=O) groups is 2. The molecule has 0 saturated heterocycles. The van der Waals surface area contributed by atoms with Gasteiger partial charge in [-0.15, -0.1) is 11.3 Å². The minimum Gasteiger partial charge on any atom is -0.452 e. The van der Waals surface area contributed by atoms with Crippen molar-refractivity contribution in [2.75, 3.05) is 13.7 Å². The summed E-state index contributed by atoms with van der Waals surface area (Å²) in [4.78, 5) is 31.2. The first-order chi connectivity index (χ1) is 15.3. The van der Waals surface area contributed by atoms with E-state index in [1.807, 2.05) is 30.3 Å². The monoisotopic (exact) mass is 448 g/mol. The van der Waals surface area contributed by atoms with Gasteiger partial charge in [0.25, 0.3) is 5.91 Å². The molecule has 6 heteroatoms. The van der Waals surface area contributed by atoms with Crippen LogP contribution in [-0.2, 0) is 16.0 Å². The molecule has 1 N–H and O–H groups in total. The smallest absolute Gasteiger partial charge is 0.339 e. The van der Waals surface area contributed by atoms with Crippen molar-refractivity contribution in [1.29, 1.82) is 0 Å². The van der Waals surface area contributed by atoms with Gasteiger partial charge in [0.2, 0.25) is 0 Å². The number of nitrogens with zero attached hydrogens (tertiary/aromatic N) is 1. The highest BCUT2D eigenvalue weighted by atomic mass is 32.1. The highest BCUT2D eigenvalue weighted by molar-refractivity contribution is 7.10. The van der Waals surface area contributed by atoms with Gasteiger partial charge in [-0.25, -0.2) is 9.78 Å². The molecule has 5 nitrogen and oxygen atoms in total. The molecule has 1 unspecified atom stereocenters. The van der Waals surface area contributed by atoms with Gasteiger partial charge in [-0.05, 0) is 58.9 Å². The van der Waals surface area contributed by atoms with Crippen molar-refractivity contribution in [3.8, 4) is 0 Å². The molecule has 0 radical (unpaired) electrons. The summed E-state index contributed by atoms with van der Waals surface area (Å²) in [6.07, 6.45) is 3.83. The van der Waals surface area contributed by atoms with Crippen LogP contribution in [0.3, 0.4) is 0 Å². The first kappa shape index (κ1) is 22.2. The number of rotatable bonds is 4. The summed E-state index contributed by atoms with van der Waals surface area (Å²) in [5.41, 5.74) is 4.26. The van der Waals surface area contributed by atoms with Crippen LogP contribution in [0.1, 0.15) is 53.7 Å². The fourth-order valence-electron chi connectivity index (χ4n) is 4.19. The molecule has 1 aliphatic carbocycles. The number of nitrogens with one attached hydrogen (secondary N) is 1. The van der Waals surface area contributed by atoms with Crippen LogP contribution in [0.15, 0.2) is 41.8 Å². The second-order valence-corrected chi connectivity index (χ2v) is 10.2. The molecule has 3 aromatic rings. The molecule has 1 amide bonds. The van der Waals surface area contributed by atoms with E-state index in [0.29, 0.717) is 11.5 Å². The number of benzene rings is 1. The lowest BCUT2D eigenvalue weighted by Crippen LogP contribution is -2.29. The molecule has 0 spiro atoms. The van der Waals surface area contributed by atoms with Gasteiger partial charge in [-0.1, -0.05) is 45.0 Å². The molecule has 1 atom stereocenters. The predicted molar refractivity (Wildman–Crippen MR) is 130 cm³/mol. The summed E-state index contributed by atoms with van der Waals surface area (Å²) in [6, 6.07) is 11.8. The third-order valence-electron chi connectivity index (χ3n) is 6.12. The minimum absolute atomic E-state index is 0.0567. The first-order valence-corrected chi connectivity index (χ1v) is 11.7.